The van der Waals surface area contributed by atoms with Crippen LogP contribution in [0.1, 0.15) is 16.7 Å². The predicted octanol–water partition coefficient (Wildman–Crippen LogP) is 4.08. The van der Waals surface area contributed by atoms with Crippen molar-refractivity contribution in [2.75, 3.05) is 10.6 Å². The summed E-state index contributed by atoms with van der Waals surface area (Å²) in [4.78, 5) is 36.5. The molecule has 2 amide bonds. The van der Waals surface area contributed by atoms with E-state index in [1.54, 1.807) is 31.4 Å². The number of hydrogen-bond acceptors (Lipinski definition) is 4. The molecule has 2 N–H and O–H groups in total. The second-order valence-electron chi connectivity index (χ2n) is 7.76. The van der Waals surface area contributed by atoms with E-state index in [0.717, 1.165) is 16.9 Å². The third-order valence-corrected chi connectivity index (χ3v) is 5.42. The number of para-hydroxylation sites is 1. The molecule has 0 bridgehead atoms. The van der Waals surface area contributed by atoms with Crippen LogP contribution in [0.5, 0.6) is 11.5 Å². The van der Waals surface area contributed by atoms with E-state index in [0.29, 0.717) is 33.8 Å². The number of nitrogens with zero attached hydrogens (tertiary/aromatic N) is 1. The normalized spacial score (nSPS) is 12.2. The van der Waals surface area contributed by atoms with E-state index in [1.165, 1.54) is 10.6 Å². The summed E-state index contributed by atoms with van der Waals surface area (Å²) in [6.07, 6.45) is 2.87. The molecule has 7 heteroatoms. The lowest BCUT2D eigenvalue weighted by Gasteiger charge is -2.18. The first-order valence-corrected chi connectivity index (χ1v) is 10.1. The molecule has 162 valence electrons. The van der Waals surface area contributed by atoms with Gasteiger partial charge in [0, 0.05) is 30.1 Å². The number of carbonyl (C=O) groups is 2. The molecule has 0 saturated heterocycles. The van der Waals surface area contributed by atoms with Crippen molar-refractivity contribution in [1.29, 1.82) is 0 Å². The topological polar surface area (TPSA) is 89.4 Å². The van der Waals surface area contributed by atoms with Gasteiger partial charge in [-0.3, -0.25) is 14.4 Å². The van der Waals surface area contributed by atoms with Gasteiger partial charge in [0.15, 0.2) is 0 Å². The van der Waals surface area contributed by atoms with Gasteiger partial charge < -0.3 is 19.9 Å². The van der Waals surface area contributed by atoms with E-state index >= 15 is 0 Å². The highest BCUT2D eigenvalue weighted by molar-refractivity contribution is 6.04. The number of benzene rings is 2. The van der Waals surface area contributed by atoms with E-state index in [1.807, 2.05) is 32.0 Å². The molecule has 3 aromatic rings. The number of anilines is 2. The Bertz CT molecular complexity index is 1320. The van der Waals surface area contributed by atoms with Crippen molar-refractivity contribution in [3.8, 4) is 22.6 Å². The molecule has 1 aromatic heterocycles. The molecular formula is C25H23N3O4. The molecule has 4 rings (SSSR count). The van der Waals surface area contributed by atoms with Crippen LogP contribution in [-0.4, -0.2) is 16.4 Å². The number of rotatable bonds is 5. The van der Waals surface area contributed by atoms with Gasteiger partial charge in [-0.25, -0.2) is 0 Å². The first kappa shape index (κ1) is 21.1. The molecule has 1 aliphatic rings. The Kier molecular flexibility index (Phi) is 5.40. The van der Waals surface area contributed by atoms with Gasteiger partial charge in [-0.1, -0.05) is 24.8 Å². The third kappa shape index (κ3) is 3.80. The maximum Gasteiger partial charge on any atom is 0.256 e. The van der Waals surface area contributed by atoms with E-state index in [4.69, 9.17) is 4.74 Å². The minimum Gasteiger partial charge on any atom is -0.456 e. The van der Waals surface area contributed by atoms with E-state index in [2.05, 4.69) is 17.2 Å². The highest BCUT2D eigenvalue weighted by Gasteiger charge is 2.27. The van der Waals surface area contributed by atoms with Crippen LogP contribution in [0.25, 0.3) is 11.1 Å². The number of aryl methyl sites for hydroxylation is 3. The van der Waals surface area contributed by atoms with Crippen LogP contribution in [-0.2, 0) is 23.1 Å². The molecule has 2 heterocycles. The Morgan fingerprint density at radius 1 is 1.16 bits per heavy atom. The SMILES string of the molecule is C=CC(=O)Nc1ccc(Oc2c(C)cccc2C)c(-c2cn(C)c(=O)c3c2NC(=O)C3)c1. The van der Waals surface area contributed by atoms with Crippen LogP contribution in [0.15, 0.2) is 60.0 Å². The summed E-state index contributed by atoms with van der Waals surface area (Å²) < 4.78 is 7.79. The summed E-state index contributed by atoms with van der Waals surface area (Å²) in [5.41, 5.74) is 4.39. The zero-order valence-electron chi connectivity index (χ0n) is 18.1. The Morgan fingerprint density at radius 3 is 2.56 bits per heavy atom. The quantitative estimate of drug-likeness (QED) is 0.598. The number of fused-ring (bicyclic) bond motifs is 1. The number of hydrogen-bond donors (Lipinski definition) is 2. The van der Waals surface area contributed by atoms with Gasteiger partial charge in [-0.05, 0) is 49.2 Å². The molecule has 1 aliphatic heterocycles. The monoisotopic (exact) mass is 429 g/mol. The average Bonchev–Trinajstić information content (AvgIpc) is 3.16. The smallest absolute Gasteiger partial charge is 0.256 e. The Morgan fingerprint density at radius 2 is 1.88 bits per heavy atom. The summed E-state index contributed by atoms with van der Waals surface area (Å²) in [6.45, 7) is 7.41. The fraction of sp³-hybridized carbons (Fsp3) is 0.160. The predicted molar refractivity (Wildman–Crippen MR) is 124 cm³/mol. The maximum atomic E-state index is 12.6. The van der Waals surface area contributed by atoms with Crippen molar-refractivity contribution in [2.24, 2.45) is 7.05 Å². The van der Waals surface area contributed by atoms with Crippen LogP contribution in [0, 0.1) is 13.8 Å². The van der Waals surface area contributed by atoms with Crippen molar-refractivity contribution < 1.29 is 14.3 Å². The molecule has 2 aromatic carbocycles. The van der Waals surface area contributed by atoms with Gasteiger partial charge >= 0.3 is 0 Å². The highest BCUT2D eigenvalue weighted by atomic mass is 16.5. The summed E-state index contributed by atoms with van der Waals surface area (Å²) in [6, 6.07) is 11.1. The lowest BCUT2D eigenvalue weighted by Crippen LogP contribution is -2.20. The standard InChI is InChI=1S/C25H23N3O4/c1-5-21(29)26-16-9-10-20(32-24-14(2)7-6-8-15(24)3)17(11-16)19-13-28(4)25(31)18-12-22(30)27-23(18)19/h5-11,13H,1,12H2,2-4H3,(H,26,29)(H,27,30). The molecule has 0 atom stereocenters. The number of ether oxygens (including phenoxy) is 1. The summed E-state index contributed by atoms with van der Waals surface area (Å²) in [7, 11) is 1.64. The van der Waals surface area contributed by atoms with E-state index < -0.39 is 0 Å². The van der Waals surface area contributed by atoms with E-state index in [9.17, 15) is 14.4 Å². The number of nitrogens with one attached hydrogen (secondary N) is 2. The van der Waals surface area contributed by atoms with Crippen LogP contribution in [0.2, 0.25) is 0 Å². The van der Waals surface area contributed by atoms with Crippen LogP contribution < -0.4 is 20.9 Å². The lowest BCUT2D eigenvalue weighted by molar-refractivity contribution is -0.115. The van der Waals surface area contributed by atoms with Gasteiger partial charge in [0.25, 0.3) is 5.56 Å². The van der Waals surface area contributed by atoms with Crippen LogP contribution >= 0.6 is 0 Å². The summed E-state index contributed by atoms with van der Waals surface area (Å²) in [5, 5.41) is 5.56. The zero-order chi connectivity index (χ0) is 23.0. The van der Waals surface area contributed by atoms with Gasteiger partial charge in [0.05, 0.1) is 17.7 Å². The summed E-state index contributed by atoms with van der Waals surface area (Å²) in [5.74, 6) is 0.666. The number of carbonyl (C=O) groups excluding carboxylic acids is 2. The number of aromatic nitrogens is 1. The molecule has 32 heavy (non-hydrogen) atoms. The Labute approximate surface area is 185 Å². The van der Waals surface area contributed by atoms with Crippen molar-refractivity contribution in [3.63, 3.8) is 0 Å². The number of amides is 2. The summed E-state index contributed by atoms with van der Waals surface area (Å²) >= 11 is 0. The van der Waals surface area contributed by atoms with Crippen molar-refractivity contribution >= 4 is 23.2 Å². The minimum absolute atomic E-state index is 0.0236. The zero-order valence-corrected chi connectivity index (χ0v) is 18.1. The second kappa shape index (κ2) is 8.19. The second-order valence-corrected chi connectivity index (χ2v) is 7.76. The Balaban J connectivity index is 1.93. The fourth-order valence-corrected chi connectivity index (χ4v) is 3.82. The highest BCUT2D eigenvalue weighted by Crippen LogP contribution is 2.42. The molecule has 0 saturated carbocycles. The molecule has 0 unspecified atom stereocenters. The molecule has 0 radical (unpaired) electrons. The van der Waals surface area contributed by atoms with Crippen molar-refractivity contribution in [3.05, 3.63) is 82.3 Å². The van der Waals surface area contributed by atoms with Gasteiger partial charge in [-0.15, -0.1) is 0 Å². The average molecular weight is 429 g/mol. The fourth-order valence-electron chi connectivity index (χ4n) is 3.82. The van der Waals surface area contributed by atoms with Gasteiger partial charge in [-0.2, -0.15) is 0 Å². The van der Waals surface area contributed by atoms with Gasteiger partial charge in [0.1, 0.15) is 11.5 Å². The van der Waals surface area contributed by atoms with Crippen LogP contribution in [0.4, 0.5) is 11.4 Å². The largest absolute Gasteiger partial charge is 0.456 e. The molecule has 0 fully saturated rings. The lowest BCUT2D eigenvalue weighted by atomic mass is 10.0. The van der Waals surface area contributed by atoms with Crippen molar-refractivity contribution in [1.82, 2.24) is 4.57 Å². The molecular weight excluding hydrogens is 406 g/mol. The molecule has 7 nitrogen and oxygen atoms in total. The first-order valence-electron chi connectivity index (χ1n) is 10.1. The first-order chi connectivity index (χ1) is 15.3. The Hall–Kier alpha value is -4.13. The maximum absolute atomic E-state index is 12.6. The van der Waals surface area contributed by atoms with E-state index in [-0.39, 0.29) is 23.8 Å². The van der Waals surface area contributed by atoms with Gasteiger partial charge in [0.2, 0.25) is 11.8 Å². The minimum atomic E-state index is -0.349. The molecule has 0 spiro atoms. The third-order valence-electron chi connectivity index (χ3n) is 5.42. The van der Waals surface area contributed by atoms with Crippen LogP contribution in [0.3, 0.4) is 0 Å². The number of pyridine rings is 1. The van der Waals surface area contributed by atoms with Crippen molar-refractivity contribution in [2.45, 2.75) is 20.3 Å². The molecule has 0 aliphatic carbocycles.